The fraction of sp³-hybridized carbons (Fsp3) is 0.240. The van der Waals surface area contributed by atoms with E-state index >= 15 is 0 Å². The quantitative estimate of drug-likeness (QED) is 0.457. The lowest BCUT2D eigenvalue weighted by molar-refractivity contribution is -0.143. The highest BCUT2D eigenvalue weighted by molar-refractivity contribution is 6.31. The lowest BCUT2D eigenvalue weighted by atomic mass is 10.1. The zero-order chi connectivity index (χ0) is 24.5. The number of aromatic nitrogens is 3. The van der Waals surface area contributed by atoms with Crippen LogP contribution in [0.15, 0.2) is 55.0 Å². The summed E-state index contributed by atoms with van der Waals surface area (Å²) in [5.41, 5.74) is 7.82. The first-order valence-corrected chi connectivity index (χ1v) is 11.5. The van der Waals surface area contributed by atoms with Crippen LogP contribution in [-0.4, -0.2) is 69.4 Å². The number of hydrogen-bond donors (Lipinski definition) is 1. The first-order valence-electron chi connectivity index (χ1n) is 11.1. The molecule has 2 aromatic carbocycles. The van der Waals surface area contributed by atoms with Crippen LogP contribution in [0.5, 0.6) is 0 Å². The molecule has 9 nitrogen and oxygen atoms in total. The van der Waals surface area contributed by atoms with E-state index in [1.807, 2.05) is 24.3 Å². The molecule has 0 aliphatic carbocycles. The van der Waals surface area contributed by atoms with E-state index in [0.29, 0.717) is 36.0 Å². The minimum atomic E-state index is -0.748. The fourth-order valence-electron chi connectivity index (χ4n) is 4.38. The molecule has 1 fully saturated rings. The zero-order valence-electron chi connectivity index (χ0n) is 19.0. The molecule has 1 saturated heterocycles. The molecule has 35 heavy (non-hydrogen) atoms. The largest absolute Gasteiger partial charge is 0.383 e. The number of rotatable bonds is 5. The van der Waals surface area contributed by atoms with Crippen molar-refractivity contribution in [3.8, 4) is 0 Å². The van der Waals surface area contributed by atoms with Crippen molar-refractivity contribution in [2.45, 2.75) is 12.6 Å². The first-order chi connectivity index (χ1) is 16.9. The maximum Gasteiger partial charge on any atom is 0.273 e. The summed E-state index contributed by atoms with van der Waals surface area (Å²) in [4.78, 5) is 42.7. The summed E-state index contributed by atoms with van der Waals surface area (Å²) in [5.74, 6) is -0.0774. The molecule has 2 amide bonds. The number of hydrogen-bond acceptors (Lipinski definition) is 7. The third-order valence-corrected chi connectivity index (χ3v) is 6.41. The number of piperazine rings is 1. The second-order valence-corrected chi connectivity index (χ2v) is 8.84. The molecular weight excluding hydrogens is 468 g/mol. The second-order valence-electron chi connectivity index (χ2n) is 8.40. The molecule has 4 aromatic rings. The van der Waals surface area contributed by atoms with Crippen LogP contribution in [0.2, 0.25) is 5.02 Å². The van der Waals surface area contributed by atoms with Gasteiger partial charge in [0.2, 0.25) is 5.91 Å². The van der Waals surface area contributed by atoms with Crippen LogP contribution in [0.4, 0.5) is 5.82 Å². The Kier molecular flexibility index (Phi) is 6.19. The van der Waals surface area contributed by atoms with E-state index in [2.05, 4.69) is 15.0 Å². The molecule has 10 heteroatoms. The van der Waals surface area contributed by atoms with E-state index in [9.17, 15) is 9.59 Å². The van der Waals surface area contributed by atoms with Crippen LogP contribution >= 0.6 is 11.6 Å². The van der Waals surface area contributed by atoms with E-state index in [0.717, 1.165) is 21.7 Å². The number of anilines is 1. The summed E-state index contributed by atoms with van der Waals surface area (Å²) in [6.45, 7) is 1.22. The van der Waals surface area contributed by atoms with Crippen molar-refractivity contribution in [3.05, 3.63) is 71.3 Å². The molecule has 1 aliphatic rings. The molecule has 178 valence electrons. The Labute approximate surface area is 206 Å². The highest BCUT2D eigenvalue weighted by atomic mass is 35.5. The van der Waals surface area contributed by atoms with Crippen molar-refractivity contribution in [2.24, 2.45) is 0 Å². The van der Waals surface area contributed by atoms with E-state index in [1.54, 1.807) is 34.2 Å². The Morgan fingerprint density at radius 2 is 1.97 bits per heavy atom. The van der Waals surface area contributed by atoms with E-state index in [4.69, 9.17) is 22.1 Å². The Balaban J connectivity index is 1.37. The number of benzene rings is 2. The molecule has 2 N–H and O–H groups in total. The van der Waals surface area contributed by atoms with Crippen LogP contribution < -0.4 is 5.73 Å². The third kappa shape index (κ3) is 4.48. The average molecular weight is 491 g/mol. The lowest BCUT2D eigenvalue weighted by Crippen LogP contribution is -2.60. The molecule has 1 unspecified atom stereocenters. The van der Waals surface area contributed by atoms with Gasteiger partial charge in [-0.25, -0.2) is 9.97 Å². The van der Waals surface area contributed by atoms with Gasteiger partial charge in [-0.2, -0.15) is 0 Å². The number of pyridine rings is 1. The standard InChI is InChI=1S/C25H23ClN6O3/c1-35-13-22-25(34)31(12-15-2-5-19-20(8-15)29-14-30-23(19)27)6-7-32(22)24(33)21-10-16-3-4-18(26)9-17(16)11-28-21/h2-5,8-11,14,22H,6-7,12-13H2,1H3,(H2,27,29,30). The summed E-state index contributed by atoms with van der Waals surface area (Å²) in [6.07, 6.45) is 3.04. The molecule has 0 spiro atoms. The molecule has 1 atom stereocenters. The normalized spacial score (nSPS) is 16.3. The topological polar surface area (TPSA) is 115 Å². The van der Waals surface area contributed by atoms with Gasteiger partial charge in [0.15, 0.2) is 0 Å². The SMILES string of the molecule is COCC1C(=O)N(Cc2ccc3c(N)ncnc3c2)CCN1C(=O)c1cc2ccc(Cl)cc2cn1. The number of nitrogen functional groups attached to an aromatic ring is 1. The van der Waals surface area contributed by atoms with Crippen molar-refractivity contribution < 1.29 is 14.3 Å². The Morgan fingerprint density at radius 1 is 1.11 bits per heavy atom. The predicted molar refractivity (Wildman–Crippen MR) is 133 cm³/mol. The molecule has 0 radical (unpaired) electrons. The monoisotopic (exact) mass is 490 g/mol. The number of halogens is 1. The van der Waals surface area contributed by atoms with E-state index in [-0.39, 0.29) is 24.1 Å². The van der Waals surface area contributed by atoms with E-state index in [1.165, 1.54) is 13.4 Å². The summed E-state index contributed by atoms with van der Waals surface area (Å²) in [7, 11) is 1.51. The molecule has 1 aliphatic heterocycles. The highest BCUT2D eigenvalue weighted by Gasteiger charge is 2.38. The lowest BCUT2D eigenvalue weighted by Gasteiger charge is -2.40. The number of carbonyl (C=O) groups is 2. The van der Waals surface area contributed by atoms with Gasteiger partial charge >= 0.3 is 0 Å². The number of fused-ring (bicyclic) bond motifs is 2. The molecular formula is C25H23ClN6O3. The second kappa shape index (κ2) is 9.44. The average Bonchev–Trinajstić information content (AvgIpc) is 2.86. The Hall–Kier alpha value is -3.82. The number of nitrogens with zero attached hydrogens (tertiary/aromatic N) is 5. The molecule has 2 aromatic heterocycles. The number of carbonyl (C=O) groups excluding carboxylic acids is 2. The minimum Gasteiger partial charge on any atom is -0.383 e. The van der Waals surface area contributed by atoms with Crippen molar-refractivity contribution in [1.29, 1.82) is 0 Å². The van der Waals surface area contributed by atoms with Crippen molar-refractivity contribution >= 4 is 50.9 Å². The van der Waals surface area contributed by atoms with Gasteiger partial charge in [0.05, 0.1) is 12.1 Å². The zero-order valence-corrected chi connectivity index (χ0v) is 19.8. The molecule has 3 heterocycles. The van der Waals surface area contributed by atoms with Gasteiger partial charge in [-0.3, -0.25) is 14.6 Å². The van der Waals surface area contributed by atoms with Gasteiger partial charge in [-0.05, 0) is 41.3 Å². The summed E-state index contributed by atoms with van der Waals surface area (Å²) in [5, 5.41) is 3.05. The maximum atomic E-state index is 13.4. The van der Waals surface area contributed by atoms with Gasteiger partial charge in [0.25, 0.3) is 5.91 Å². The van der Waals surface area contributed by atoms with Crippen molar-refractivity contribution in [3.63, 3.8) is 0 Å². The smallest absolute Gasteiger partial charge is 0.273 e. The summed E-state index contributed by atoms with van der Waals surface area (Å²) in [6, 6.07) is 12.0. The Morgan fingerprint density at radius 3 is 2.80 bits per heavy atom. The van der Waals surface area contributed by atoms with Gasteiger partial charge in [0, 0.05) is 48.7 Å². The van der Waals surface area contributed by atoms with Crippen molar-refractivity contribution in [2.75, 3.05) is 32.5 Å². The van der Waals surface area contributed by atoms with Gasteiger partial charge < -0.3 is 20.3 Å². The van der Waals surface area contributed by atoms with Crippen LogP contribution in [0.25, 0.3) is 21.7 Å². The van der Waals surface area contributed by atoms with Crippen LogP contribution in [0.3, 0.4) is 0 Å². The van der Waals surface area contributed by atoms with Gasteiger partial charge in [0.1, 0.15) is 23.9 Å². The number of nitrogens with two attached hydrogens (primary N) is 1. The van der Waals surface area contributed by atoms with Gasteiger partial charge in [-0.15, -0.1) is 0 Å². The number of methoxy groups -OCH3 is 1. The molecule has 0 bridgehead atoms. The molecule has 5 rings (SSSR count). The van der Waals surface area contributed by atoms with Crippen molar-refractivity contribution in [1.82, 2.24) is 24.8 Å². The summed E-state index contributed by atoms with van der Waals surface area (Å²) >= 11 is 6.05. The number of ether oxygens (including phenoxy) is 1. The third-order valence-electron chi connectivity index (χ3n) is 6.18. The van der Waals surface area contributed by atoms with Crippen LogP contribution in [0.1, 0.15) is 16.1 Å². The Bertz CT molecular complexity index is 1450. The predicted octanol–water partition coefficient (Wildman–Crippen LogP) is 2.91. The number of amides is 2. The first kappa shape index (κ1) is 22.9. The maximum absolute atomic E-state index is 13.4. The summed E-state index contributed by atoms with van der Waals surface area (Å²) < 4.78 is 5.31. The molecule has 0 saturated carbocycles. The highest BCUT2D eigenvalue weighted by Crippen LogP contribution is 2.23. The minimum absolute atomic E-state index is 0.0890. The van der Waals surface area contributed by atoms with E-state index < -0.39 is 6.04 Å². The van der Waals surface area contributed by atoms with Crippen LogP contribution in [-0.2, 0) is 16.1 Å². The van der Waals surface area contributed by atoms with Crippen LogP contribution in [0, 0.1) is 0 Å². The fourth-order valence-corrected chi connectivity index (χ4v) is 4.56. The van der Waals surface area contributed by atoms with Gasteiger partial charge in [-0.1, -0.05) is 23.7 Å².